The standard InChI is InChI=1S/C19H24F3NO4/c1-18(2,3)27-17(25)23-11-13(10-15(23)16(24)26-4)9-12-5-7-14(8-6-12)19(20,21)22/h5-8,13,15H,9-11H2,1-4H3/t13?,15-/m0/s1. The molecule has 1 aliphatic heterocycles. The number of benzene rings is 1. The fourth-order valence-electron chi connectivity index (χ4n) is 3.12. The van der Waals surface area contributed by atoms with Gasteiger partial charge in [0.1, 0.15) is 11.6 Å². The lowest BCUT2D eigenvalue weighted by molar-refractivity contribution is -0.145. The number of halogens is 3. The minimum Gasteiger partial charge on any atom is -0.467 e. The molecule has 1 unspecified atom stereocenters. The van der Waals surface area contributed by atoms with E-state index in [-0.39, 0.29) is 12.5 Å². The summed E-state index contributed by atoms with van der Waals surface area (Å²) in [5.74, 6) is -0.617. The van der Waals surface area contributed by atoms with E-state index in [9.17, 15) is 22.8 Å². The number of esters is 1. The summed E-state index contributed by atoms with van der Waals surface area (Å²) in [5, 5.41) is 0. The molecule has 1 aromatic rings. The van der Waals surface area contributed by atoms with Gasteiger partial charge in [-0.2, -0.15) is 13.2 Å². The number of likely N-dealkylation sites (tertiary alicyclic amines) is 1. The molecule has 1 heterocycles. The second kappa shape index (κ2) is 7.78. The number of hydrogen-bond donors (Lipinski definition) is 0. The monoisotopic (exact) mass is 387 g/mol. The largest absolute Gasteiger partial charge is 0.467 e. The summed E-state index contributed by atoms with van der Waals surface area (Å²) in [4.78, 5) is 25.8. The van der Waals surface area contributed by atoms with Crippen molar-refractivity contribution in [2.45, 2.75) is 51.4 Å². The van der Waals surface area contributed by atoms with E-state index in [0.717, 1.165) is 12.1 Å². The third-order valence-corrected chi connectivity index (χ3v) is 4.29. The Morgan fingerprint density at radius 3 is 2.22 bits per heavy atom. The van der Waals surface area contributed by atoms with Crippen LogP contribution in [0.4, 0.5) is 18.0 Å². The van der Waals surface area contributed by atoms with E-state index in [2.05, 4.69) is 0 Å². The summed E-state index contributed by atoms with van der Waals surface area (Å²) in [6, 6.07) is 4.16. The van der Waals surface area contributed by atoms with Crippen LogP contribution < -0.4 is 0 Å². The molecule has 1 aliphatic rings. The van der Waals surface area contributed by atoms with Crippen LogP contribution in [0.5, 0.6) is 0 Å². The Kier molecular flexibility index (Phi) is 6.07. The molecule has 1 saturated heterocycles. The first-order valence-electron chi connectivity index (χ1n) is 8.64. The molecule has 0 aliphatic carbocycles. The summed E-state index contributed by atoms with van der Waals surface area (Å²) in [6.07, 6.45) is -4.17. The van der Waals surface area contributed by atoms with E-state index in [1.165, 1.54) is 24.1 Å². The van der Waals surface area contributed by atoms with Crippen LogP contribution in [0, 0.1) is 5.92 Å². The third-order valence-electron chi connectivity index (χ3n) is 4.29. The lowest BCUT2D eigenvalue weighted by Gasteiger charge is -2.27. The second-order valence-corrected chi connectivity index (χ2v) is 7.67. The summed E-state index contributed by atoms with van der Waals surface area (Å²) in [6.45, 7) is 5.46. The van der Waals surface area contributed by atoms with Gasteiger partial charge in [0, 0.05) is 6.54 Å². The number of carbonyl (C=O) groups is 2. The predicted octanol–water partition coefficient (Wildman–Crippen LogP) is 4.05. The quantitative estimate of drug-likeness (QED) is 0.735. The van der Waals surface area contributed by atoms with Crippen molar-refractivity contribution in [3.8, 4) is 0 Å². The Morgan fingerprint density at radius 1 is 1.15 bits per heavy atom. The maximum absolute atomic E-state index is 12.7. The average Bonchev–Trinajstić information content (AvgIpc) is 2.96. The van der Waals surface area contributed by atoms with Crippen LogP contribution in [0.1, 0.15) is 38.3 Å². The first-order chi connectivity index (χ1) is 12.4. The third kappa shape index (κ3) is 5.61. The highest BCUT2D eigenvalue weighted by Crippen LogP contribution is 2.31. The Hall–Kier alpha value is -2.25. The number of methoxy groups -OCH3 is 1. The van der Waals surface area contributed by atoms with Gasteiger partial charge in [0.2, 0.25) is 0 Å². The van der Waals surface area contributed by atoms with Gasteiger partial charge in [-0.3, -0.25) is 4.90 Å². The molecular formula is C19H24F3NO4. The molecule has 0 spiro atoms. The normalized spacial score (nSPS) is 20.5. The van der Waals surface area contributed by atoms with Crippen molar-refractivity contribution < 1.29 is 32.2 Å². The fraction of sp³-hybridized carbons (Fsp3) is 0.579. The number of hydrogen-bond acceptors (Lipinski definition) is 4. The summed E-state index contributed by atoms with van der Waals surface area (Å²) in [7, 11) is 1.25. The molecule has 0 N–H and O–H groups in total. The van der Waals surface area contributed by atoms with Gasteiger partial charge in [-0.25, -0.2) is 9.59 Å². The van der Waals surface area contributed by atoms with Crippen molar-refractivity contribution in [3.05, 3.63) is 35.4 Å². The summed E-state index contributed by atoms with van der Waals surface area (Å²) in [5.41, 5.74) is -0.702. The smallest absolute Gasteiger partial charge is 0.416 e. The van der Waals surface area contributed by atoms with Crippen LogP contribution in [0.3, 0.4) is 0 Å². The fourth-order valence-corrected chi connectivity index (χ4v) is 3.12. The Balaban J connectivity index is 2.10. The molecule has 2 atom stereocenters. The van der Waals surface area contributed by atoms with E-state index in [0.29, 0.717) is 18.4 Å². The number of amides is 1. The molecule has 8 heteroatoms. The Bertz CT molecular complexity index is 680. The van der Waals surface area contributed by atoms with Crippen LogP contribution >= 0.6 is 0 Å². The van der Waals surface area contributed by atoms with Gasteiger partial charge >= 0.3 is 18.2 Å². The van der Waals surface area contributed by atoms with E-state index in [1.807, 2.05) is 0 Å². The minimum absolute atomic E-state index is 0.0849. The van der Waals surface area contributed by atoms with Crippen LogP contribution in [0.2, 0.25) is 0 Å². The molecule has 0 radical (unpaired) electrons. The van der Waals surface area contributed by atoms with Gasteiger partial charge in [0.05, 0.1) is 12.7 Å². The molecule has 1 amide bonds. The van der Waals surface area contributed by atoms with Gasteiger partial charge in [-0.05, 0) is 57.2 Å². The zero-order valence-corrected chi connectivity index (χ0v) is 15.8. The first kappa shape index (κ1) is 21.1. The van der Waals surface area contributed by atoms with E-state index < -0.39 is 35.4 Å². The van der Waals surface area contributed by atoms with Crippen molar-refractivity contribution in [2.75, 3.05) is 13.7 Å². The number of rotatable bonds is 3. The zero-order chi connectivity index (χ0) is 20.4. The maximum Gasteiger partial charge on any atom is 0.416 e. The maximum atomic E-state index is 12.7. The van der Waals surface area contributed by atoms with Crippen LogP contribution in [0.15, 0.2) is 24.3 Å². The lowest BCUT2D eigenvalue weighted by Crippen LogP contribution is -2.43. The number of nitrogens with zero attached hydrogens (tertiary/aromatic N) is 1. The summed E-state index contributed by atoms with van der Waals surface area (Å²) >= 11 is 0. The molecule has 150 valence electrons. The molecule has 0 bridgehead atoms. The second-order valence-electron chi connectivity index (χ2n) is 7.67. The molecule has 2 rings (SSSR count). The van der Waals surface area contributed by atoms with E-state index in [4.69, 9.17) is 9.47 Å². The van der Waals surface area contributed by atoms with Crippen LogP contribution in [0.25, 0.3) is 0 Å². The molecule has 27 heavy (non-hydrogen) atoms. The molecule has 1 fully saturated rings. The molecule has 1 aromatic carbocycles. The van der Waals surface area contributed by atoms with Crippen molar-refractivity contribution in [2.24, 2.45) is 5.92 Å². The summed E-state index contributed by atoms with van der Waals surface area (Å²) < 4.78 is 48.1. The minimum atomic E-state index is -4.38. The van der Waals surface area contributed by atoms with Gasteiger partial charge < -0.3 is 9.47 Å². The number of ether oxygens (including phenoxy) is 2. The zero-order valence-electron chi connectivity index (χ0n) is 15.8. The van der Waals surface area contributed by atoms with Gasteiger partial charge in [-0.15, -0.1) is 0 Å². The highest BCUT2D eigenvalue weighted by atomic mass is 19.4. The van der Waals surface area contributed by atoms with Crippen LogP contribution in [-0.2, 0) is 26.9 Å². The van der Waals surface area contributed by atoms with Crippen molar-refractivity contribution in [3.63, 3.8) is 0 Å². The van der Waals surface area contributed by atoms with Gasteiger partial charge in [0.15, 0.2) is 0 Å². The number of alkyl halides is 3. The molecular weight excluding hydrogens is 363 g/mol. The van der Waals surface area contributed by atoms with E-state index >= 15 is 0 Å². The average molecular weight is 387 g/mol. The van der Waals surface area contributed by atoms with E-state index in [1.54, 1.807) is 20.8 Å². The first-order valence-corrected chi connectivity index (χ1v) is 8.64. The van der Waals surface area contributed by atoms with Crippen molar-refractivity contribution in [1.29, 1.82) is 0 Å². The molecule has 0 aromatic heterocycles. The highest BCUT2D eigenvalue weighted by Gasteiger charge is 2.42. The Labute approximate surface area is 156 Å². The van der Waals surface area contributed by atoms with Gasteiger partial charge in [0.25, 0.3) is 0 Å². The number of carbonyl (C=O) groups excluding carboxylic acids is 2. The predicted molar refractivity (Wildman–Crippen MR) is 92.0 cm³/mol. The van der Waals surface area contributed by atoms with Gasteiger partial charge in [-0.1, -0.05) is 12.1 Å². The van der Waals surface area contributed by atoms with Crippen molar-refractivity contribution >= 4 is 12.1 Å². The molecule has 0 saturated carbocycles. The highest BCUT2D eigenvalue weighted by molar-refractivity contribution is 5.82. The Morgan fingerprint density at radius 2 is 1.74 bits per heavy atom. The topological polar surface area (TPSA) is 55.8 Å². The lowest BCUT2D eigenvalue weighted by atomic mass is 9.96. The van der Waals surface area contributed by atoms with Crippen molar-refractivity contribution in [1.82, 2.24) is 4.90 Å². The SMILES string of the molecule is COC(=O)[C@@H]1CC(Cc2ccc(C(F)(F)F)cc2)CN1C(=O)OC(C)(C)C. The van der Waals surface area contributed by atoms with Crippen LogP contribution in [-0.4, -0.2) is 42.3 Å². The molecule has 5 nitrogen and oxygen atoms in total.